The molecule has 0 fully saturated rings. The maximum Gasteiger partial charge on any atom is 0.374 e. The number of hydrogen-bond donors (Lipinski definition) is 2. The molecule has 32 heavy (non-hydrogen) atoms. The van der Waals surface area contributed by atoms with Crippen molar-refractivity contribution in [2.24, 2.45) is 0 Å². The van der Waals surface area contributed by atoms with Gasteiger partial charge in [-0.15, -0.1) is 0 Å². The highest BCUT2D eigenvalue weighted by atomic mass is 32.2. The third-order valence-electron chi connectivity index (χ3n) is 4.82. The molecule has 1 aliphatic heterocycles. The van der Waals surface area contributed by atoms with Gasteiger partial charge >= 0.3 is 5.97 Å². The molecule has 2 N–H and O–H groups in total. The van der Waals surface area contributed by atoms with E-state index in [1.807, 2.05) is 4.72 Å². The lowest BCUT2D eigenvalue weighted by atomic mass is 9.92. The highest BCUT2D eigenvalue weighted by molar-refractivity contribution is 7.92. The fraction of sp³-hybridized carbons (Fsp3) is 0.150. The molecule has 0 saturated heterocycles. The van der Waals surface area contributed by atoms with Gasteiger partial charge in [-0.2, -0.15) is 8.42 Å². The van der Waals surface area contributed by atoms with E-state index in [9.17, 15) is 22.4 Å². The van der Waals surface area contributed by atoms with Crippen LogP contribution < -0.4 is 10.0 Å². The lowest BCUT2D eigenvalue weighted by Crippen LogP contribution is -2.20. The number of Topliss-reactive ketones (excluding diaryl/α,β-unsaturated/α-hetero) is 1. The van der Waals surface area contributed by atoms with Crippen molar-refractivity contribution in [3.63, 3.8) is 0 Å². The zero-order chi connectivity index (χ0) is 23.0. The van der Waals surface area contributed by atoms with Crippen molar-refractivity contribution in [2.75, 3.05) is 23.7 Å². The summed E-state index contributed by atoms with van der Waals surface area (Å²) in [6.45, 7) is 0.0860. The lowest BCUT2D eigenvalue weighted by molar-refractivity contribution is 0.0559. The Hall–Kier alpha value is -3.80. The molecule has 1 unspecified atom stereocenters. The van der Waals surface area contributed by atoms with Gasteiger partial charge in [-0.1, -0.05) is 6.07 Å². The maximum absolute atomic E-state index is 15.1. The first kappa shape index (κ1) is 21.4. The van der Waals surface area contributed by atoms with E-state index in [1.54, 1.807) is 12.1 Å². The number of fused-ring (bicyclic) bond motifs is 1. The van der Waals surface area contributed by atoms with Crippen LogP contribution >= 0.6 is 0 Å². The van der Waals surface area contributed by atoms with Crippen LogP contribution in [-0.4, -0.2) is 38.8 Å². The number of nitrogens with one attached hydrogen (secondary N) is 2. The Kier molecular flexibility index (Phi) is 5.38. The number of sulfonamides is 1. The van der Waals surface area contributed by atoms with Crippen molar-refractivity contribution < 1.29 is 35.9 Å². The summed E-state index contributed by atoms with van der Waals surface area (Å²) in [5, 5.41) is 2.19. The lowest BCUT2D eigenvalue weighted by Gasteiger charge is -2.14. The Balaban J connectivity index is 1.66. The number of nitrogens with zero attached hydrogens (tertiary/aromatic N) is 1. The average molecular weight is 463 g/mol. The Morgan fingerprint density at radius 2 is 2.00 bits per heavy atom. The van der Waals surface area contributed by atoms with Crippen LogP contribution in [0.5, 0.6) is 0 Å². The number of carbonyl (C=O) groups excluding carboxylic acids is 2. The van der Waals surface area contributed by atoms with Crippen LogP contribution in [0.15, 0.2) is 52.1 Å². The molecule has 0 saturated carbocycles. The first-order chi connectivity index (χ1) is 15.2. The smallest absolute Gasteiger partial charge is 0.374 e. The highest BCUT2D eigenvalue weighted by Gasteiger charge is 2.34. The van der Waals surface area contributed by atoms with Gasteiger partial charge in [0, 0.05) is 18.3 Å². The van der Waals surface area contributed by atoms with Crippen molar-refractivity contribution in [2.45, 2.75) is 11.0 Å². The molecule has 12 heteroatoms. The minimum absolute atomic E-state index is 0.0860. The second kappa shape index (κ2) is 8.04. The van der Waals surface area contributed by atoms with Crippen LogP contribution in [0, 0.1) is 11.6 Å². The molecule has 4 rings (SSSR count). The van der Waals surface area contributed by atoms with Gasteiger partial charge < -0.3 is 14.5 Å². The van der Waals surface area contributed by atoms with Crippen molar-refractivity contribution in [3.8, 4) is 0 Å². The molecule has 0 spiro atoms. The average Bonchev–Trinajstić information content (AvgIpc) is 3.43. The number of rotatable bonds is 6. The number of halogens is 2. The minimum Gasteiger partial charge on any atom is -0.463 e. The molecule has 0 bridgehead atoms. The summed E-state index contributed by atoms with van der Waals surface area (Å²) in [5.41, 5.74) is -1.07. The number of ketones is 1. The fourth-order valence-corrected chi connectivity index (χ4v) is 4.29. The molecule has 3 heterocycles. The van der Waals surface area contributed by atoms with Crippen molar-refractivity contribution in [3.05, 3.63) is 71.1 Å². The number of furan rings is 1. The number of carbonyl (C=O) groups is 2. The second-order valence-corrected chi connectivity index (χ2v) is 8.35. The van der Waals surface area contributed by atoms with Crippen molar-refractivity contribution in [1.82, 2.24) is 4.98 Å². The molecular formula is C20H15F2N3O6S. The second-order valence-electron chi connectivity index (χ2n) is 6.74. The molecule has 166 valence electrons. The summed E-state index contributed by atoms with van der Waals surface area (Å²) in [6.07, 6.45) is 1.51. The summed E-state index contributed by atoms with van der Waals surface area (Å²) in [5.74, 6) is -5.15. The van der Waals surface area contributed by atoms with Gasteiger partial charge in [-0.25, -0.2) is 18.6 Å². The van der Waals surface area contributed by atoms with Crippen LogP contribution in [0.2, 0.25) is 0 Å². The van der Waals surface area contributed by atoms with Gasteiger partial charge in [-0.05, 0) is 30.3 Å². The molecule has 1 aromatic carbocycles. The molecular weight excluding hydrogens is 448 g/mol. The van der Waals surface area contributed by atoms with E-state index < -0.39 is 55.7 Å². The van der Waals surface area contributed by atoms with Gasteiger partial charge in [-0.3, -0.25) is 9.52 Å². The van der Waals surface area contributed by atoms with Crippen LogP contribution in [0.1, 0.15) is 32.4 Å². The summed E-state index contributed by atoms with van der Waals surface area (Å²) < 4.78 is 65.9. The Morgan fingerprint density at radius 1 is 1.22 bits per heavy atom. The highest BCUT2D eigenvalue weighted by Crippen LogP contribution is 2.34. The number of hydrogen-bond acceptors (Lipinski definition) is 8. The summed E-state index contributed by atoms with van der Waals surface area (Å²) in [7, 11) is -3.42. The van der Waals surface area contributed by atoms with E-state index in [0.29, 0.717) is 11.4 Å². The van der Waals surface area contributed by atoms with Gasteiger partial charge in [0.1, 0.15) is 11.6 Å². The SMILES string of the molecule is COC(=O)c1ccc(S(=O)(=O)Nc2ccc(F)c(C(=O)C3CNc4ncccc43)c2F)o1. The van der Waals surface area contributed by atoms with E-state index >= 15 is 4.39 Å². The van der Waals surface area contributed by atoms with Gasteiger partial charge in [0.05, 0.1) is 24.3 Å². The fourth-order valence-electron chi connectivity index (χ4n) is 3.29. The van der Waals surface area contributed by atoms with Crippen molar-refractivity contribution >= 4 is 33.3 Å². The first-order valence-corrected chi connectivity index (χ1v) is 10.6. The van der Waals surface area contributed by atoms with Crippen LogP contribution in [0.25, 0.3) is 0 Å². The van der Waals surface area contributed by atoms with Gasteiger partial charge in [0.15, 0.2) is 11.6 Å². The molecule has 9 nitrogen and oxygen atoms in total. The summed E-state index contributed by atoms with van der Waals surface area (Å²) in [4.78, 5) is 28.5. The number of esters is 1. The number of ether oxygens (including phenoxy) is 1. The number of anilines is 2. The van der Waals surface area contributed by atoms with Crippen LogP contribution in [0.4, 0.5) is 20.3 Å². The largest absolute Gasteiger partial charge is 0.463 e. The molecule has 0 aliphatic carbocycles. The zero-order valence-electron chi connectivity index (χ0n) is 16.4. The predicted octanol–water partition coefficient (Wildman–Crippen LogP) is 2.93. The Morgan fingerprint density at radius 3 is 2.75 bits per heavy atom. The zero-order valence-corrected chi connectivity index (χ0v) is 17.2. The number of pyridine rings is 1. The Labute approximate surface area is 180 Å². The minimum atomic E-state index is -4.50. The van der Waals surface area contributed by atoms with E-state index in [0.717, 1.165) is 31.4 Å². The van der Waals surface area contributed by atoms with E-state index in [1.165, 1.54) is 6.20 Å². The standard InChI is InChI=1S/C20H15F2N3O6S/c1-30-20(27)14-6-7-15(31-14)32(28,29)25-13-5-4-12(21)16(17(13)22)18(26)11-9-24-19-10(11)3-2-8-23-19/h2-8,11,25H,9H2,1H3,(H,23,24). The molecule has 3 aromatic rings. The third-order valence-corrected chi connectivity index (χ3v) is 6.06. The van der Waals surface area contributed by atoms with Gasteiger partial charge in [0.2, 0.25) is 10.9 Å². The molecule has 1 atom stereocenters. The number of aromatic nitrogens is 1. The molecule has 2 aromatic heterocycles. The number of methoxy groups -OCH3 is 1. The molecule has 0 radical (unpaired) electrons. The third kappa shape index (κ3) is 3.68. The van der Waals surface area contributed by atoms with E-state index in [2.05, 4.69) is 15.0 Å². The Bertz CT molecular complexity index is 1340. The topological polar surface area (TPSA) is 128 Å². The first-order valence-electron chi connectivity index (χ1n) is 9.15. The van der Waals surface area contributed by atoms with Crippen LogP contribution in [-0.2, 0) is 14.8 Å². The van der Waals surface area contributed by atoms with E-state index in [4.69, 9.17) is 4.42 Å². The summed E-state index contributed by atoms with van der Waals surface area (Å²) >= 11 is 0. The maximum atomic E-state index is 15.1. The number of benzene rings is 1. The monoisotopic (exact) mass is 463 g/mol. The quantitative estimate of drug-likeness (QED) is 0.422. The molecule has 1 aliphatic rings. The normalized spacial score (nSPS) is 15.0. The van der Waals surface area contributed by atoms with Gasteiger partial charge in [0.25, 0.3) is 10.0 Å². The van der Waals surface area contributed by atoms with Crippen molar-refractivity contribution in [1.29, 1.82) is 0 Å². The van der Waals surface area contributed by atoms with E-state index in [-0.39, 0.29) is 12.3 Å². The van der Waals surface area contributed by atoms with Crippen LogP contribution in [0.3, 0.4) is 0 Å². The predicted molar refractivity (Wildman–Crippen MR) is 107 cm³/mol. The summed E-state index contributed by atoms with van der Waals surface area (Å²) in [6, 6.07) is 6.86. The molecule has 0 amide bonds.